The molecule has 0 amide bonds. The third-order valence-electron chi connectivity index (χ3n) is 3.43. The molecular weight excluding hydrogens is 302 g/mol. The van der Waals surface area contributed by atoms with Gasteiger partial charge in [-0.3, -0.25) is 4.68 Å². The molecule has 108 valence electrons. The van der Waals surface area contributed by atoms with Crippen molar-refractivity contribution in [2.75, 3.05) is 6.54 Å². The highest BCUT2D eigenvalue weighted by Crippen LogP contribution is 2.29. The van der Waals surface area contributed by atoms with E-state index in [0.717, 1.165) is 5.69 Å². The molecule has 0 aliphatic carbocycles. The van der Waals surface area contributed by atoms with E-state index in [2.05, 4.69) is 10.1 Å². The number of imidazole rings is 1. The number of fused-ring (bicyclic) bond motifs is 1. The Morgan fingerprint density at radius 3 is 2.75 bits per heavy atom. The van der Waals surface area contributed by atoms with Crippen LogP contribution in [0.5, 0.6) is 0 Å². The minimum absolute atomic E-state index is 0.0923. The highest BCUT2D eigenvalue weighted by Gasteiger charge is 2.33. The number of rotatable bonds is 2. The molecule has 0 spiro atoms. The maximum atomic E-state index is 12.7. The van der Waals surface area contributed by atoms with Gasteiger partial charge in [-0.15, -0.1) is 0 Å². The highest BCUT2D eigenvalue weighted by molar-refractivity contribution is 7.89. The number of hydrogen-bond donors (Lipinski definition) is 0. The van der Waals surface area contributed by atoms with Crippen molar-refractivity contribution in [3.8, 4) is 0 Å². The molecule has 0 fully saturated rings. The van der Waals surface area contributed by atoms with Crippen LogP contribution in [-0.4, -0.2) is 38.6 Å². The standard InChI is InChI=1S/C11H14ClN5O2S/c1-8-10(11(12)15(2)14-8)20(18,19)17-4-3-16-7-13-5-9(16)6-17/h5,7H,3-4,6H2,1-2H3. The van der Waals surface area contributed by atoms with Crippen LogP contribution in [0.25, 0.3) is 0 Å². The van der Waals surface area contributed by atoms with Gasteiger partial charge in [-0.2, -0.15) is 9.40 Å². The van der Waals surface area contributed by atoms with Crippen molar-refractivity contribution in [3.63, 3.8) is 0 Å². The van der Waals surface area contributed by atoms with Gasteiger partial charge in [0.1, 0.15) is 10.0 Å². The first-order chi connectivity index (χ1) is 9.41. The Balaban J connectivity index is 2.01. The topological polar surface area (TPSA) is 73.0 Å². The van der Waals surface area contributed by atoms with Crippen LogP contribution in [0.4, 0.5) is 0 Å². The molecule has 0 N–H and O–H groups in total. The lowest BCUT2D eigenvalue weighted by molar-refractivity contribution is 0.341. The largest absolute Gasteiger partial charge is 0.332 e. The van der Waals surface area contributed by atoms with E-state index in [1.807, 2.05) is 4.57 Å². The first kappa shape index (κ1) is 13.6. The number of aromatic nitrogens is 4. The van der Waals surface area contributed by atoms with E-state index >= 15 is 0 Å². The van der Waals surface area contributed by atoms with Crippen molar-refractivity contribution in [2.24, 2.45) is 7.05 Å². The molecule has 2 aromatic rings. The normalized spacial score (nSPS) is 16.4. The SMILES string of the molecule is Cc1nn(C)c(Cl)c1S(=O)(=O)N1CCn2cncc2C1. The highest BCUT2D eigenvalue weighted by atomic mass is 35.5. The van der Waals surface area contributed by atoms with Crippen molar-refractivity contribution in [1.82, 2.24) is 23.6 Å². The van der Waals surface area contributed by atoms with Crippen LogP contribution < -0.4 is 0 Å². The van der Waals surface area contributed by atoms with Gasteiger partial charge < -0.3 is 4.57 Å². The molecule has 20 heavy (non-hydrogen) atoms. The summed E-state index contributed by atoms with van der Waals surface area (Å²) in [6.45, 7) is 2.93. The Morgan fingerprint density at radius 2 is 2.10 bits per heavy atom. The van der Waals surface area contributed by atoms with Crippen molar-refractivity contribution in [2.45, 2.75) is 24.9 Å². The number of sulfonamides is 1. The van der Waals surface area contributed by atoms with E-state index < -0.39 is 10.0 Å². The second-order valence-electron chi connectivity index (χ2n) is 4.75. The summed E-state index contributed by atoms with van der Waals surface area (Å²) in [5, 5.41) is 4.21. The Kier molecular flexibility index (Phi) is 3.11. The van der Waals surface area contributed by atoms with Gasteiger partial charge in [-0.05, 0) is 6.92 Å². The molecule has 2 aromatic heterocycles. The maximum Gasteiger partial charge on any atom is 0.248 e. The molecule has 0 unspecified atom stereocenters. The molecule has 0 saturated heterocycles. The Labute approximate surface area is 121 Å². The first-order valence-electron chi connectivity index (χ1n) is 6.09. The van der Waals surface area contributed by atoms with E-state index in [1.165, 1.54) is 8.99 Å². The summed E-state index contributed by atoms with van der Waals surface area (Å²) >= 11 is 6.07. The van der Waals surface area contributed by atoms with Crippen molar-refractivity contribution in [3.05, 3.63) is 29.1 Å². The second kappa shape index (κ2) is 4.57. The molecule has 3 heterocycles. The van der Waals surface area contributed by atoms with Gasteiger partial charge in [-0.1, -0.05) is 11.6 Å². The third-order valence-corrected chi connectivity index (χ3v) is 5.97. The Morgan fingerprint density at radius 1 is 1.35 bits per heavy atom. The van der Waals surface area contributed by atoms with E-state index in [0.29, 0.717) is 25.3 Å². The zero-order chi connectivity index (χ0) is 14.5. The van der Waals surface area contributed by atoms with Gasteiger partial charge in [0, 0.05) is 26.3 Å². The van der Waals surface area contributed by atoms with Crippen molar-refractivity contribution in [1.29, 1.82) is 0 Å². The van der Waals surface area contributed by atoms with E-state index in [1.54, 1.807) is 26.5 Å². The molecule has 0 saturated carbocycles. The zero-order valence-corrected chi connectivity index (χ0v) is 12.7. The van der Waals surface area contributed by atoms with Gasteiger partial charge in [0.15, 0.2) is 0 Å². The summed E-state index contributed by atoms with van der Waals surface area (Å²) in [5.41, 5.74) is 1.29. The molecule has 7 nitrogen and oxygen atoms in total. The van der Waals surface area contributed by atoms with Crippen molar-refractivity contribution >= 4 is 21.6 Å². The first-order valence-corrected chi connectivity index (χ1v) is 7.91. The lowest BCUT2D eigenvalue weighted by Crippen LogP contribution is -2.38. The lowest BCUT2D eigenvalue weighted by Gasteiger charge is -2.27. The Bertz CT molecular complexity index is 764. The molecule has 0 aromatic carbocycles. The smallest absolute Gasteiger partial charge is 0.248 e. The lowest BCUT2D eigenvalue weighted by atomic mass is 10.4. The molecule has 9 heteroatoms. The number of nitrogens with zero attached hydrogens (tertiary/aromatic N) is 5. The molecule has 1 aliphatic rings. The van der Waals surface area contributed by atoms with E-state index in [9.17, 15) is 8.42 Å². The number of aryl methyl sites for hydroxylation is 2. The van der Waals surface area contributed by atoms with Crippen LogP contribution in [-0.2, 0) is 30.2 Å². The second-order valence-corrected chi connectivity index (χ2v) is 6.98. The molecular formula is C11H14ClN5O2S. The zero-order valence-electron chi connectivity index (χ0n) is 11.1. The van der Waals surface area contributed by atoms with Crippen LogP contribution in [0.1, 0.15) is 11.4 Å². The maximum absolute atomic E-state index is 12.7. The van der Waals surface area contributed by atoms with Gasteiger partial charge in [0.25, 0.3) is 0 Å². The Hall–Kier alpha value is -1.38. The minimum Gasteiger partial charge on any atom is -0.332 e. The molecule has 1 aliphatic heterocycles. The fraction of sp³-hybridized carbons (Fsp3) is 0.455. The fourth-order valence-electron chi connectivity index (χ4n) is 2.40. The number of halogens is 1. The summed E-state index contributed by atoms with van der Waals surface area (Å²) in [6, 6.07) is 0. The quantitative estimate of drug-likeness (QED) is 0.821. The summed E-state index contributed by atoms with van der Waals surface area (Å²) < 4.78 is 30.2. The van der Waals surface area contributed by atoms with Crippen LogP contribution in [0.15, 0.2) is 17.4 Å². The summed E-state index contributed by atoms with van der Waals surface area (Å²) in [4.78, 5) is 4.12. The van der Waals surface area contributed by atoms with E-state index in [4.69, 9.17) is 11.6 Å². The summed E-state index contributed by atoms with van der Waals surface area (Å²) in [7, 11) is -2.02. The fourth-order valence-corrected chi connectivity index (χ4v) is 4.51. The molecule has 0 atom stereocenters. The predicted octanol–water partition coefficient (Wildman–Crippen LogP) is 0.783. The van der Waals surface area contributed by atoms with Crippen LogP contribution in [0.2, 0.25) is 5.15 Å². The van der Waals surface area contributed by atoms with Crippen LogP contribution >= 0.6 is 11.6 Å². The monoisotopic (exact) mass is 315 g/mol. The molecule has 0 radical (unpaired) electrons. The average Bonchev–Trinajstić information content (AvgIpc) is 2.94. The molecule has 0 bridgehead atoms. The third kappa shape index (κ3) is 1.95. The number of hydrogen-bond acceptors (Lipinski definition) is 4. The summed E-state index contributed by atoms with van der Waals surface area (Å²) in [5.74, 6) is 0. The summed E-state index contributed by atoms with van der Waals surface area (Å²) in [6.07, 6.45) is 3.39. The molecule has 3 rings (SSSR count). The minimum atomic E-state index is -3.65. The van der Waals surface area contributed by atoms with Gasteiger partial charge in [-0.25, -0.2) is 13.4 Å². The van der Waals surface area contributed by atoms with Crippen LogP contribution in [0, 0.1) is 6.92 Å². The van der Waals surface area contributed by atoms with Gasteiger partial charge in [0.2, 0.25) is 10.0 Å². The van der Waals surface area contributed by atoms with Crippen LogP contribution in [0.3, 0.4) is 0 Å². The van der Waals surface area contributed by atoms with Crippen molar-refractivity contribution < 1.29 is 8.42 Å². The van der Waals surface area contributed by atoms with Gasteiger partial charge >= 0.3 is 0 Å². The predicted molar refractivity (Wildman–Crippen MR) is 72.8 cm³/mol. The average molecular weight is 316 g/mol. The van der Waals surface area contributed by atoms with Gasteiger partial charge in [0.05, 0.1) is 24.3 Å². The van der Waals surface area contributed by atoms with E-state index in [-0.39, 0.29) is 10.0 Å².